The van der Waals surface area contributed by atoms with Crippen molar-refractivity contribution in [3.63, 3.8) is 0 Å². The minimum absolute atomic E-state index is 0. The molecule has 1 heterocycles. The molecule has 16 heavy (non-hydrogen) atoms. The number of aliphatic imine (C=N–C) groups is 1. The topological polar surface area (TPSA) is 58.6 Å². The van der Waals surface area contributed by atoms with Crippen molar-refractivity contribution in [1.29, 1.82) is 0 Å². The number of nitrogens with two attached hydrogens (primary N) is 1. The number of phenolic OH excluding ortho intramolecular Hbond substituents is 1. The average molecular weight is 259 g/mol. The van der Waals surface area contributed by atoms with Gasteiger partial charge in [-0.05, 0) is 31.0 Å². The van der Waals surface area contributed by atoms with Gasteiger partial charge >= 0.3 is 0 Å². The first-order valence-electron chi connectivity index (χ1n) is 4.88. The van der Waals surface area contributed by atoms with Crippen LogP contribution in [-0.4, -0.2) is 16.0 Å². The lowest BCUT2D eigenvalue weighted by atomic mass is 9.90. The third-order valence-electron chi connectivity index (χ3n) is 2.68. The first kappa shape index (κ1) is 13.2. The Morgan fingerprint density at radius 3 is 2.56 bits per heavy atom. The fraction of sp³-hybridized carbons (Fsp3) is 0.364. The lowest BCUT2D eigenvalue weighted by Gasteiger charge is -2.29. The number of rotatable bonds is 1. The molecule has 0 saturated heterocycles. The third-order valence-corrected chi connectivity index (χ3v) is 3.48. The molecule has 2 rings (SSSR count). The summed E-state index contributed by atoms with van der Waals surface area (Å²) in [7, 11) is 0. The molecule has 1 atom stereocenters. The highest BCUT2D eigenvalue weighted by atomic mass is 35.5. The van der Waals surface area contributed by atoms with E-state index in [1.54, 1.807) is 23.9 Å². The Labute approximate surface area is 106 Å². The largest absolute Gasteiger partial charge is 0.508 e. The molecule has 1 aromatic carbocycles. The monoisotopic (exact) mass is 258 g/mol. The number of thioether (sulfide) groups is 1. The number of nitrogens with zero attached hydrogens (tertiary/aromatic N) is 1. The number of hydrogen-bond donors (Lipinski definition) is 2. The van der Waals surface area contributed by atoms with Crippen molar-refractivity contribution in [2.75, 3.05) is 5.75 Å². The van der Waals surface area contributed by atoms with E-state index in [1.807, 2.05) is 12.1 Å². The van der Waals surface area contributed by atoms with Gasteiger partial charge in [-0.15, -0.1) is 12.4 Å². The quantitative estimate of drug-likeness (QED) is 0.814. The summed E-state index contributed by atoms with van der Waals surface area (Å²) in [5, 5.41) is 9.88. The molecule has 3 N–H and O–H groups in total. The molecule has 3 nitrogen and oxygen atoms in total. The van der Waals surface area contributed by atoms with Gasteiger partial charge in [-0.3, -0.25) is 4.99 Å². The van der Waals surface area contributed by atoms with Crippen LogP contribution in [0.25, 0.3) is 0 Å². The molecular weight excluding hydrogens is 244 g/mol. The maximum Gasteiger partial charge on any atom is 0.154 e. The van der Waals surface area contributed by atoms with Crippen LogP contribution >= 0.6 is 24.2 Å². The lowest BCUT2D eigenvalue weighted by Crippen LogP contribution is -2.28. The molecule has 0 bridgehead atoms. The van der Waals surface area contributed by atoms with E-state index < -0.39 is 0 Å². The molecule has 0 aromatic heterocycles. The van der Waals surface area contributed by atoms with Gasteiger partial charge in [-0.1, -0.05) is 23.9 Å². The number of benzene rings is 1. The highest BCUT2D eigenvalue weighted by Gasteiger charge is 2.29. The summed E-state index contributed by atoms with van der Waals surface area (Å²) >= 11 is 1.60. The van der Waals surface area contributed by atoms with Gasteiger partial charge in [0, 0.05) is 5.75 Å². The highest BCUT2D eigenvalue weighted by molar-refractivity contribution is 8.13. The van der Waals surface area contributed by atoms with E-state index in [4.69, 9.17) is 5.73 Å². The van der Waals surface area contributed by atoms with Crippen molar-refractivity contribution in [2.24, 2.45) is 10.7 Å². The van der Waals surface area contributed by atoms with Crippen molar-refractivity contribution in [3.05, 3.63) is 29.8 Å². The zero-order valence-corrected chi connectivity index (χ0v) is 10.6. The van der Waals surface area contributed by atoms with E-state index in [1.165, 1.54) is 0 Å². The summed E-state index contributed by atoms with van der Waals surface area (Å²) in [6.07, 6.45) is 0.975. The normalized spacial score (nSPS) is 24.4. The van der Waals surface area contributed by atoms with E-state index in [0.717, 1.165) is 17.7 Å². The van der Waals surface area contributed by atoms with Gasteiger partial charge in [0.15, 0.2) is 5.17 Å². The molecule has 1 unspecified atom stereocenters. The van der Waals surface area contributed by atoms with E-state index in [9.17, 15) is 5.11 Å². The van der Waals surface area contributed by atoms with Crippen LogP contribution in [0.2, 0.25) is 0 Å². The highest BCUT2D eigenvalue weighted by Crippen LogP contribution is 2.35. The maximum atomic E-state index is 9.23. The molecule has 0 spiro atoms. The van der Waals surface area contributed by atoms with E-state index in [0.29, 0.717) is 5.17 Å². The Bertz CT molecular complexity index is 393. The molecular formula is C11H15ClN2OS. The van der Waals surface area contributed by atoms with E-state index >= 15 is 0 Å². The van der Waals surface area contributed by atoms with Gasteiger partial charge in [-0.25, -0.2) is 0 Å². The van der Waals surface area contributed by atoms with Gasteiger partial charge in [0.25, 0.3) is 0 Å². The Hall–Kier alpha value is -0.870. The smallest absolute Gasteiger partial charge is 0.154 e. The lowest BCUT2D eigenvalue weighted by molar-refractivity contribution is 0.466. The van der Waals surface area contributed by atoms with Crippen LogP contribution < -0.4 is 5.73 Å². The fourth-order valence-electron chi connectivity index (χ4n) is 1.72. The number of phenols is 1. The average Bonchev–Trinajstić information content (AvgIpc) is 2.18. The van der Waals surface area contributed by atoms with Crippen LogP contribution in [0.15, 0.2) is 29.3 Å². The minimum Gasteiger partial charge on any atom is -0.508 e. The predicted molar refractivity (Wildman–Crippen MR) is 71.4 cm³/mol. The second-order valence-corrected chi connectivity index (χ2v) is 4.98. The van der Waals surface area contributed by atoms with Crippen LogP contribution in [0.5, 0.6) is 5.75 Å². The molecule has 1 aromatic rings. The Morgan fingerprint density at radius 2 is 2.00 bits per heavy atom. The van der Waals surface area contributed by atoms with Crippen LogP contribution in [0.3, 0.4) is 0 Å². The Balaban J connectivity index is 0.00000128. The number of amidine groups is 1. The molecule has 0 radical (unpaired) electrons. The number of aromatic hydroxyl groups is 1. The minimum atomic E-state index is -0.233. The Morgan fingerprint density at radius 1 is 1.38 bits per heavy atom. The predicted octanol–water partition coefficient (Wildman–Crippen LogP) is 2.48. The van der Waals surface area contributed by atoms with E-state index in [-0.39, 0.29) is 23.7 Å². The first-order valence-corrected chi connectivity index (χ1v) is 5.86. The Kier molecular flexibility index (Phi) is 4.10. The van der Waals surface area contributed by atoms with Crippen molar-refractivity contribution < 1.29 is 5.11 Å². The second kappa shape index (κ2) is 4.97. The summed E-state index contributed by atoms with van der Waals surface area (Å²) in [5.41, 5.74) is 6.61. The summed E-state index contributed by atoms with van der Waals surface area (Å²) < 4.78 is 0. The first-order chi connectivity index (χ1) is 7.10. The summed E-state index contributed by atoms with van der Waals surface area (Å²) in [6.45, 7) is 2.08. The third kappa shape index (κ3) is 2.62. The molecule has 1 aliphatic rings. The summed E-state index contributed by atoms with van der Waals surface area (Å²) in [5.74, 6) is 1.27. The standard InChI is InChI=1S/C11H14N2OS.ClH/c1-11(6-7-15-10(12)13-11)8-2-4-9(14)5-3-8;/h2-5,14H,6-7H2,1H3,(H2,12,13);1H. The zero-order valence-electron chi connectivity index (χ0n) is 9.01. The molecule has 0 aliphatic carbocycles. The van der Waals surface area contributed by atoms with E-state index in [2.05, 4.69) is 11.9 Å². The number of hydrogen-bond acceptors (Lipinski definition) is 4. The molecule has 0 amide bonds. The molecule has 88 valence electrons. The number of halogens is 1. The molecule has 0 fully saturated rings. The molecule has 1 aliphatic heterocycles. The SMILES string of the molecule is CC1(c2ccc(O)cc2)CCSC(N)=N1.Cl. The van der Waals surface area contributed by atoms with Crippen molar-refractivity contribution in [1.82, 2.24) is 0 Å². The van der Waals surface area contributed by atoms with Gasteiger partial charge in [0.05, 0.1) is 5.54 Å². The van der Waals surface area contributed by atoms with Crippen LogP contribution in [-0.2, 0) is 5.54 Å². The van der Waals surface area contributed by atoms with Gasteiger partial charge in [-0.2, -0.15) is 0 Å². The molecule has 0 saturated carbocycles. The van der Waals surface area contributed by atoms with Gasteiger partial charge < -0.3 is 10.8 Å². The zero-order chi connectivity index (χ0) is 10.9. The summed E-state index contributed by atoms with van der Waals surface area (Å²) in [6, 6.07) is 7.19. The van der Waals surface area contributed by atoms with Gasteiger partial charge in [0.2, 0.25) is 0 Å². The van der Waals surface area contributed by atoms with Crippen molar-refractivity contribution in [2.45, 2.75) is 18.9 Å². The fourth-order valence-corrected chi connectivity index (χ4v) is 2.69. The van der Waals surface area contributed by atoms with Crippen LogP contribution in [0.4, 0.5) is 0 Å². The van der Waals surface area contributed by atoms with Crippen LogP contribution in [0, 0.1) is 0 Å². The van der Waals surface area contributed by atoms with Crippen molar-refractivity contribution in [3.8, 4) is 5.75 Å². The summed E-state index contributed by atoms with van der Waals surface area (Å²) in [4.78, 5) is 4.49. The second-order valence-electron chi connectivity index (χ2n) is 3.87. The van der Waals surface area contributed by atoms with Gasteiger partial charge in [0.1, 0.15) is 5.75 Å². The van der Waals surface area contributed by atoms with Crippen LogP contribution in [0.1, 0.15) is 18.9 Å². The molecule has 5 heteroatoms. The van der Waals surface area contributed by atoms with Crippen molar-refractivity contribution >= 4 is 29.3 Å². The maximum absolute atomic E-state index is 9.23.